The molecule has 24 heavy (non-hydrogen) atoms. The maximum absolute atomic E-state index is 12.8. The van der Waals surface area contributed by atoms with Gasteiger partial charge in [0.2, 0.25) is 5.91 Å². The number of nitrogens with zero attached hydrogens (tertiary/aromatic N) is 2. The van der Waals surface area contributed by atoms with Crippen LogP contribution in [-0.4, -0.2) is 39.3 Å². The van der Waals surface area contributed by atoms with Gasteiger partial charge in [-0.1, -0.05) is 0 Å². The molecular formula is C16H18FN3O3S. The third-order valence-corrected chi connectivity index (χ3v) is 4.17. The number of carbonyl (C=O) groups excluding carboxylic acids is 2. The predicted octanol–water partition coefficient (Wildman–Crippen LogP) is 2.33. The van der Waals surface area contributed by atoms with Gasteiger partial charge in [0.05, 0.1) is 12.3 Å². The molecule has 8 heteroatoms. The summed E-state index contributed by atoms with van der Waals surface area (Å²) < 4.78 is 19.6. The fourth-order valence-corrected chi connectivity index (χ4v) is 2.47. The van der Waals surface area contributed by atoms with Crippen molar-refractivity contribution in [1.29, 1.82) is 0 Å². The standard InChI is InChI=1S/C16H18FN3O3S/c1-12(16(22)23-10-9-20-8-2-7-18-20)24-11-15(21)19-14-5-3-13(17)4-6-14/h2-8,12H,9-11H2,1H3,(H,19,21). The van der Waals surface area contributed by atoms with E-state index in [0.717, 1.165) is 0 Å². The summed E-state index contributed by atoms with van der Waals surface area (Å²) in [4.78, 5) is 23.6. The van der Waals surface area contributed by atoms with Crippen molar-refractivity contribution in [3.8, 4) is 0 Å². The molecule has 0 bridgehead atoms. The first-order valence-corrected chi connectivity index (χ1v) is 8.40. The third-order valence-electron chi connectivity index (χ3n) is 3.05. The number of ether oxygens (including phenoxy) is 1. The molecule has 1 aromatic carbocycles. The van der Waals surface area contributed by atoms with Crippen molar-refractivity contribution in [1.82, 2.24) is 9.78 Å². The second-order valence-electron chi connectivity index (χ2n) is 4.94. The monoisotopic (exact) mass is 351 g/mol. The van der Waals surface area contributed by atoms with Crippen LogP contribution in [0.5, 0.6) is 0 Å². The third kappa shape index (κ3) is 6.04. The SMILES string of the molecule is CC(SCC(=O)Nc1ccc(F)cc1)C(=O)OCCn1cccn1. The molecular weight excluding hydrogens is 333 g/mol. The van der Waals surface area contributed by atoms with E-state index in [1.165, 1.54) is 36.0 Å². The largest absolute Gasteiger partial charge is 0.463 e. The molecule has 1 heterocycles. The normalized spacial score (nSPS) is 11.8. The van der Waals surface area contributed by atoms with Gasteiger partial charge in [-0.25, -0.2) is 4.39 Å². The van der Waals surface area contributed by atoms with Crippen LogP contribution in [0.3, 0.4) is 0 Å². The zero-order valence-corrected chi connectivity index (χ0v) is 14.0. The van der Waals surface area contributed by atoms with Crippen molar-refractivity contribution in [2.75, 3.05) is 17.7 Å². The van der Waals surface area contributed by atoms with Gasteiger partial charge in [0.15, 0.2) is 0 Å². The molecule has 0 aliphatic heterocycles. The van der Waals surface area contributed by atoms with Gasteiger partial charge in [-0.15, -0.1) is 11.8 Å². The van der Waals surface area contributed by atoms with E-state index in [1.807, 2.05) is 0 Å². The molecule has 0 aliphatic carbocycles. The Labute approximate surface area is 143 Å². The Morgan fingerprint density at radius 3 is 2.79 bits per heavy atom. The number of benzene rings is 1. The van der Waals surface area contributed by atoms with E-state index < -0.39 is 5.25 Å². The van der Waals surface area contributed by atoms with Crippen molar-refractivity contribution in [2.24, 2.45) is 0 Å². The van der Waals surface area contributed by atoms with Crippen LogP contribution in [0, 0.1) is 5.82 Å². The maximum atomic E-state index is 12.8. The van der Waals surface area contributed by atoms with E-state index in [9.17, 15) is 14.0 Å². The van der Waals surface area contributed by atoms with Crippen molar-refractivity contribution in [3.63, 3.8) is 0 Å². The molecule has 1 amide bonds. The van der Waals surface area contributed by atoms with E-state index in [4.69, 9.17) is 4.74 Å². The Balaban J connectivity index is 1.65. The molecule has 2 aromatic rings. The van der Waals surface area contributed by atoms with Crippen LogP contribution < -0.4 is 5.32 Å². The minimum Gasteiger partial charge on any atom is -0.463 e. The number of amides is 1. The first-order chi connectivity index (χ1) is 11.5. The molecule has 0 saturated heterocycles. The Hall–Kier alpha value is -2.35. The number of anilines is 1. The second kappa shape index (κ2) is 9.07. The molecule has 0 fully saturated rings. The predicted molar refractivity (Wildman–Crippen MR) is 90.1 cm³/mol. The van der Waals surface area contributed by atoms with Gasteiger partial charge < -0.3 is 10.1 Å². The van der Waals surface area contributed by atoms with Crippen LogP contribution in [0.15, 0.2) is 42.7 Å². The summed E-state index contributed by atoms with van der Waals surface area (Å²) in [6, 6.07) is 7.28. The highest BCUT2D eigenvalue weighted by Crippen LogP contribution is 2.14. The van der Waals surface area contributed by atoms with E-state index in [0.29, 0.717) is 12.2 Å². The summed E-state index contributed by atoms with van der Waals surface area (Å²) in [5, 5.41) is 6.18. The number of nitrogens with one attached hydrogen (secondary N) is 1. The molecule has 2 rings (SSSR count). The lowest BCUT2D eigenvalue weighted by molar-refractivity contribution is -0.142. The van der Waals surface area contributed by atoms with Crippen molar-refractivity contribution >= 4 is 29.3 Å². The van der Waals surface area contributed by atoms with E-state index in [-0.39, 0.29) is 30.1 Å². The number of hydrogen-bond acceptors (Lipinski definition) is 5. The number of aromatic nitrogens is 2. The fraction of sp³-hybridized carbons (Fsp3) is 0.312. The number of halogens is 1. The molecule has 6 nitrogen and oxygen atoms in total. The van der Waals surface area contributed by atoms with Gasteiger partial charge in [0.25, 0.3) is 0 Å². The molecule has 0 radical (unpaired) electrons. The van der Waals surface area contributed by atoms with Crippen LogP contribution in [0.4, 0.5) is 10.1 Å². The summed E-state index contributed by atoms with van der Waals surface area (Å²) in [6.45, 7) is 2.40. The Morgan fingerprint density at radius 2 is 2.12 bits per heavy atom. The molecule has 1 unspecified atom stereocenters. The van der Waals surface area contributed by atoms with Crippen molar-refractivity contribution in [2.45, 2.75) is 18.7 Å². The lowest BCUT2D eigenvalue weighted by Gasteiger charge is -2.11. The summed E-state index contributed by atoms with van der Waals surface area (Å²) in [6.07, 6.45) is 3.44. The van der Waals surface area contributed by atoms with Crippen LogP contribution >= 0.6 is 11.8 Å². The van der Waals surface area contributed by atoms with E-state index in [2.05, 4.69) is 10.4 Å². The topological polar surface area (TPSA) is 73.2 Å². The summed E-state index contributed by atoms with van der Waals surface area (Å²) in [7, 11) is 0. The van der Waals surface area contributed by atoms with Gasteiger partial charge in [0, 0.05) is 18.1 Å². The van der Waals surface area contributed by atoms with Gasteiger partial charge in [-0.3, -0.25) is 14.3 Å². The Bertz CT molecular complexity index is 662. The molecule has 128 valence electrons. The lowest BCUT2D eigenvalue weighted by atomic mass is 10.3. The van der Waals surface area contributed by atoms with Crippen LogP contribution in [-0.2, 0) is 20.9 Å². The van der Waals surface area contributed by atoms with Crippen molar-refractivity contribution < 1.29 is 18.7 Å². The first kappa shape index (κ1) is 18.0. The number of carbonyl (C=O) groups is 2. The number of esters is 1. The average molecular weight is 351 g/mol. The van der Waals surface area contributed by atoms with Gasteiger partial charge in [0.1, 0.15) is 17.7 Å². The number of rotatable bonds is 8. The fourth-order valence-electron chi connectivity index (χ4n) is 1.79. The highest BCUT2D eigenvalue weighted by atomic mass is 32.2. The molecule has 1 N–H and O–H groups in total. The minimum absolute atomic E-state index is 0.104. The maximum Gasteiger partial charge on any atom is 0.318 e. The summed E-state index contributed by atoms with van der Waals surface area (Å²) in [5.41, 5.74) is 0.511. The minimum atomic E-state index is -0.457. The number of hydrogen-bond donors (Lipinski definition) is 1. The van der Waals surface area contributed by atoms with E-state index >= 15 is 0 Å². The van der Waals surface area contributed by atoms with E-state index in [1.54, 1.807) is 30.1 Å². The number of thioether (sulfide) groups is 1. The zero-order valence-electron chi connectivity index (χ0n) is 13.1. The highest BCUT2D eigenvalue weighted by Gasteiger charge is 2.16. The quantitative estimate of drug-likeness (QED) is 0.739. The molecule has 1 atom stereocenters. The Morgan fingerprint density at radius 1 is 1.38 bits per heavy atom. The van der Waals surface area contributed by atoms with Gasteiger partial charge in [-0.2, -0.15) is 5.10 Å². The first-order valence-electron chi connectivity index (χ1n) is 7.35. The molecule has 0 saturated carbocycles. The lowest BCUT2D eigenvalue weighted by Crippen LogP contribution is -2.22. The molecule has 0 aliphatic rings. The van der Waals surface area contributed by atoms with Gasteiger partial charge >= 0.3 is 5.97 Å². The summed E-state index contributed by atoms with van der Waals surface area (Å²) in [5.74, 6) is -0.898. The molecule has 1 aromatic heterocycles. The Kier molecular flexibility index (Phi) is 6.80. The van der Waals surface area contributed by atoms with Crippen molar-refractivity contribution in [3.05, 3.63) is 48.5 Å². The van der Waals surface area contributed by atoms with Crippen LogP contribution in [0.25, 0.3) is 0 Å². The summed E-state index contributed by atoms with van der Waals surface area (Å²) >= 11 is 1.18. The van der Waals surface area contributed by atoms with Gasteiger partial charge in [-0.05, 0) is 37.3 Å². The van der Waals surface area contributed by atoms with Crippen LogP contribution in [0.2, 0.25) is 0 Å². The highest BCUT2D eigenvalue weighted by molar-refractivity contribution is 8.01. The average Bonchev–Trinajstić information content (AvgIpc) is 3.08. The van der Waals surface area contributed by atoms with Crippen LogP contribution in [0.1, 0.15) is 6.92 Å². The smallest absolute Gasteiger partial charge is 0.318 e. The molecule has 0 spiro atoms. The second-order valence-corrected chi connectivity index (χ2v) is 6.27. The zero-order chi connectivity index (χ0) is 17.4.